The second kappa shape index (κ2) is 7.99. The van der Waals surface area contributed by atoms with Gasteiger partial charge in [-0.15, -0.1) is 0 Å². The van der Waals surface area contributed by atoms with Crippen LogP contribution in [0.3, 0.4) is 0 Å². The molecule has 0 aliphatic heterocycles. The van der Waals surface area contributed by atoms with Crippen molar-refractivity contribution in [1.29, 1.82) is 0 Å². The van der Waals surface area contributed by atoms with E-state index in [-0.39, 0.29) is 6.42 Å². The molecule has 0 rings (SSSR count). The highest BCUT2D eigenvalue weighted by molar-refractivity contribution is 5.71. The molecule has 0 bridgehead atoms. The maximum absolute atomic E-state index is 10.1. The van der Waals surface area contributed by atoms with Gasteiger partial charge in [-0.1, -0.05) is 0 Å². The SMILES string of the molecule is CC(O)C(=O)O.C[N+](C)(C)C[C@H](O)CC(=O)O. The van der Waals surface area contributed by atoms with Crippen LogP contribution in [0.15, 0.2) is 0 Å². The number of rotatable bonds is 5. The maximum Gasteiger partial charge on any atom is 0.332 e. The number of aliphatic hydroxyl groups excluding tert-OH is 2. The number of quaternary nitrogens is 1. The Morgan fingerprint density at radius 1 is 1.12 bits per heavy atom. The molecular weight excluding hydrogens is 230 g/mol. The Morgan fingerprint density at radius 2 is 1.47 bits per heavy atom. The van der Waals surface area contributed by atoms with Gasteiger partial charge in [-0.25, -0.2) is 4.79 Å². The van der Waals surface area contributed by atoms with Crippen LogP contribution in [0.4, 0.5) is 0 Å². The standard InChI is InChI=1S/C7H15NO3.C3H6O3/c1-8(2,3)5-6(9)4-7(10)11;1-2(4)3(5)6/h6,9H,4-5H2,1-3H3;2,4H,1H3,(H,5,6)/p+1/t6-;/m1./s1. The number of hydrogen-bond acceptors (Lipinski definition) is 4. The molecule has 0 aliphatic rings. The molecule has 0 aromatic heterocycles. The van der Waals surface area contributed by atoms with Gasteiger partial charge in [-0.2, -0.15) is 0 Å². The summed E-state index contributed by atoms with van der Waals surface area (Å²) in [6.45, 7) is 1.66. The summed E-state index contributed by atoms with van der Waals surface area (Å²) >= 11 is 0. The minimum Gasteiger partial charge on any atom is -0.481 e. The molecule has 0 aliphatic carbocycles. The Bertz CT molecular complexity index is 246. The van der Waals surface area contributed by atoms with Gasteiger partial charge in [0, 0.05) is 0 Å². The van der Waals surface area contributed by atoms with Crippen molar-refractivity contribution in [3.8, 4) is 0 Å². The summed E-state index contributed by atoms with van der Waals surface area (Å²) in [4.78, 5) is 19.6. The van der Waals surface area contributed by atoms with E-state index in [2.05, 4.69) is 0 Å². The van der Waals surface area contributed by atoms with Gasteiger partial charge >= 0.3 is 11.9 Å². The van der Waals surface area contributed by atoms with Gasteiger partial charge in [-0.05, 0) is 6.92 Å². The molecule has 0 saturated heterocycles. The van der Waals surface area contributed by atoms with Crippen LogP contribution in [0.2, 0.25) is 0 Å². The summed E-state index contributed by atoms with van der Waals surface area (Å²) in [5.74, 6) is -2.14. The van der Waals surface area contributed by atoms with E-state index in [1.165, 1.54) is 6.92 Å². The van der Waals surface area contributed by atoms with Crippen LogP contribution in [0.25, 0.3) is 0 Å². The van der Waals surface area contributed by atoms with Crippen LogP contribution in [-0.4, -0.2) is 76.7 Å². The molecule has 7 heteroatoms. The van der Waals surface area contributed by atoms with E-state index in [0.29, 0.717) is 11.0 Å². The second-order valence-electron chi connectivity index (χ2n) is 4.74. The maximum atomic E-state index is 10.1. The summed E-state index contributed by atoms with van der Waals surface area (Å²) in [6.07, 6.45) is -2.15. The van der Waals surface area contributed by atoms with E-state index in [1.807, 2.05) is 21.1 Å². The Hall–Kier alpha value is -1.18. The number of carboxylic acids is 2. The van der Waals surface area contributed by atoms with Gasteiger partial charge in [0.05, 0.1) is 27.6 Å². The first-order valence-electron chi connectivity index (χ1n) is 5.07. The topological polar surface area (TPSA) is 115 Å². The van der Waals surface area contributed by atoms with Gasteiger partial charge in [0.1, 0.15) is 18.8 Å². The highest BCUT2D eigenvalue weighted by Crippen LogP contribution is 1.98. The van der Waals surface area contributed by atoms with Crippen LogP contribution in [0.1, 0.15) is 13.3 Å². The normalized spacial score (nSPS) is 14.2. The average Bonchev–Trinajstić information content (AvgIpc) is 1.98. The van der Waals surface area contributed by atoms with Crippen molar-refractivity contribution in [2.45, 2.75) is 25.6 Å². The molecule has 0 radical (unpaired) electrons. The summed E-state index contributed by atoms with van der Waals surface area (Å²) in [5, 5.41) is 33.2. The molecule has 7 nitrogen and oxygen atoms in total. The summed E-state index contributed by atoms with van der Waals surface area (Å²) in [6, 6.07) is 0. The number of nitrogens with zero attached hydrogens (tertiary/aromatic N) is 1. The van der Waals surface area contributed by atoms with E-state index in [4.69, 9.17) is 20.4 Å². The van der Waals surface area contributed by atoms with Crippen LogP contribution in [-0.2, 0) is 9.59 Å². The molecule has 0 saturated carbocycles. The van der Waals surface area contributed by atoms with Gasteiger partial charge in [0.25, 0.3) is 0 Å². The van der Waals surface area contributed by atoms with E-state index < -0.39 is 24.1 Å². The highest BCUT2D eigenvalue weighted by Gasteiger charge is 2.17. The monoisotopic (exact) mass is 252 g/mol. The van der Waals surface area contributed by atoms with Crippen molar-refractivity contribution in [3.63, 3.8) is 0 Å². The molecule has 2 atom stereocenters. The molecule has 0 fully saturated rings. The minimum absolute atomic E-state index is 0.171. The van der Waals surface area contributed by atoms with E-state index >= 15 is 0 Å². The lowest BCUT2D eigenvalue weighted by atomic mass is 10.2. The smallest absolute Gasteiger partial charge is 0.332 e. The predicted octanol–water partition coefficient (Wildman–Crippen LogP) is -1.02. The third-order valence-corrected chi connectivity index (χ3v) is 1.53. The number of carboxylic acid groups (broad SMARTS) is 2. The summed E-state index contributed by atoms with van der Waals surface area (Å²) < 4.78 is 0.578. The first kappa shape index (κ1) is 18.2. The number of likely N-dealkylation sites (N-methyl/N-ethyl adjacent to an activating group) is 1. The Kier molecular flexibility index (Phi) is 8.55. The fourth-order valence-electron chi connectivity index (χ4n) is 0.898. The van der Waals surface area contributed by atoms with Crippen molar-refractivity contribution in [2.75, 3.05) is 27.7 Å². The third-order valence-electron chi connectivity index (χ3n) is 1.53. The second-order valence-corrected chi connectivity index (χ2v) is 4.74. The van der Waals surface area contributed by atoms with Crippen molar-refractivity contribution < 1.29 is 34.5 Å². The van der Waals surface area contributed by atoms with Crippen molar-refractivity contribution in [2.24, 2.45) is 0 Å². The zero-order valence-electron chi connectivity index (χ0n) is 10.6. The minimum atomic E-state index is -1.23. The van der Waals surface area contributed by atoms with Gasteiger partial charge in [0.15, 0.2) is 0 Å². The molecule has 0 aromatic rings. The summed E-state index contributed by atoms with van der Waals surface area (Å²) in [5.41, 5.74) is 0. The van der Waals surface area contributed by atoms with Gasteiger partial charge < -0.3 is 24.9 Å². The average molecular weight is 252 g/mol. The Balaban J connectivity index is 0. The van der Waals surface area contributed by atoms with E-state index in [9.17, 15) is 9.59 Å². The molecule has 0 spiro atoms. The molecule has 0 aromatic carbocycles. The van der Waals surface area contributed by atoms with E-state index in [1.54, 1.807) is 0 Å². The van der Waals surface area contributed by atoms with Gasteiger partial charge in [-0.3, -0.25) is 4.79 Å². The fourth-order valence-corrected chi connectivity index (χ4v) is 0.898. The highest BCUT2D eigenvalue weighted by atomic mass is 16.4. The first-order valence-corrected chi connectivity index (χ1v) is 5.07. The molecule has 1 unspecified atom stereocenters. The van der Waals surface area contributed by atoms with Crippen molar-refractivity contribution >= 4 is 11.9 Å². The van der Waals surface area contributed by atoms with Crippen molar-refractivity contribution in [1.82, 2.24) is 0 Å². The molecular formula is C10H22NO6+. The molecule has 102 valence electrons. The number of aliphatic carboxylic acids is 2. The molecule has 4 N–H and O–H groups in total. The zero-order valence-corrected chi connectivity index (χ0v) is 10.6. The van der Waals surface area contributed by atoms with Crippen molar-refractivity contribution in [3.05, 3.63) is 0 Å². The Morgan fingerprint density at radius 3 is 1.65 bits per heavy atom. The zero-order chi connectivity index (χ0) is 14.2. The third kappa shape index (κ3) is 17.4. The number of carbonyl (C=O) groups is 2. The van der Waals surface area contributed by atoms with Crippen LogP contribution in [0, 0.1) is 0 Å². The van der Waals surface area contributed by atoms with Gasteiger partial charge in [0.2, 0.25) is 0 Å². The predicted molar refractivity (Wildman–Crippen MR) is 60.5 cm³/mol. The lowest BCUT2D eigenvalue weighted by Crippen LogP contribution is -2.42. The Labute approximate surface area is 100 Å². The lowest BCUT2D eigenvalue weighted by molar-refractivity contribution is -0.873. The molecule has 0 heterocycles. The van der Waals surface area contributed by atoms with Crippen LogP contribution >= 0.6 is 0 Å². The summed E-state index contributed by atoms with van der Waals surface area (Å²) in [7, 11) is 5.72. The largest absolute Gasteiger partial charge is 0.481 e. The first-order chi connectivity index (χ1) is 7.45. The number of aliphatic hydroxyl groups is 2. The van der Waals surface area contributed by atoms with Crippen LogP contribution < -0.4 is 0 Å². The van der Waals surface area contributed by atoms with Crippen LogP contribution in [0.5, 0.6) is 0 Å². The molecule has 0 amide bonds. The van der Waals surface area contributed by atoms with E-state index in [0.717, 1.165) is 0 Å². The fraction of sp³-hybridized carbons (Fsp3) is 0.800. The lowest BCUT2D eigenvalue weighted by Gasteiger charge is -2.25. The quantitative estimate of drug-likeness (QED) is 0.466. The number of hydrogen-bond donors (Lipinski definition) is 4. The molecule has 17 heavy (non-hydrogen) atoms.